The van der Waals surface area contributed by atoms with Gasteiger partial charge in [0.25, 0.3) is 5.91 Å². The van der Waals surface area contributed by atoms with Gasteiger partial charge in [-0.3, -0.25) is 4.79 Å². The molecule has 0 aromatic heterocycles. The first kappa shape index (κ1) is 14.5. The van der Waals surface area contributed by atoms with E-state index in [2.05, 4.69) is 5.32 Å². The number of amides is 1. The quantitative estimate of drug-likeness (QED) is 0.785. The topological polar surface area (TPSA) is 64.3 Å². The van der Waals surface area contributed by atoms with Crippen molar-refractivity contribution in [1.82, 2.24) is 5.32 Å². The Morgan fingerprint density at radius 3 is 2.39 bits per heavy atom. The summed E-state index contributed by atoms with van der Waals surface area (Å²) in [5, 5.41) is 2.91. The van der Waals surface area contributed by atoms with E-state index in [1.165, 1.54) is 0 Å². The third kappa shape index (κ3) is 5.19. The smallest absolute Gasteiger partial charge is 0.251 e. The van der Waals surface area contributed by atoms with E-state index < -0.39 is 0 Å². The Bertz CT molecular complexity index is 380. The predicted octanol–water partition coefficient (Wildman–Crippen LogP) is 1.94. The molecule has 4 heteroatoms. The first-order valence-corrected chi connectivity index (χ1v) is 6.18. The highest BCUT2D eigenvalue weighted by molar-refractivity contribution is 5.94. The maximum atomic E-state index is 11.9. The lowest BCUT2D eigenvalue weighted by Crippen LogP contribution is -2.40. The molecule has 4 nitrogen and oxygen atoms in total. The zero-order chi connectivity index (χ0) is 13.6. The fourth-order valence-electron chi connectivity index (χ4n) is 1.39. The molecule has 3 N–H and O–H groups in total. The number of hydrogen-bond donors (Lipinski definition) is 2. The predicted molar refractivity (Wildman–Crippen MR) is 72.8 cm³/mol. The molecule has 0 radical (unpaired) electrons. The highest BCUT2D eigenvalue weighted by Crippen LogP contribution is 2.13. The van der Waals surface area contributed by atoms with Crippen molar-refractivity contribution >= 4 is 5.91 Å². The molecule has 1 aromatic carbocycles. The number of carbonyl (C=O) groups is 1. The van der Waals surface area contributed by atoms with Crippen LogP contribution in [0.15, 0.2) is 24.3 Å². The molecule has 0 bridgehead atoms. The van der Waals surface area contributed by atoms with Crippen LogP contribution in [0.1, 0.15) is 37.6 Å². The van der Waals surface area contributed by atoms with Crippen LogP contribution in [0.5, 0.6) is 5.75 Å². The third-order valence-corrected chi connectivity index (χ3v) is 2.22. The maximum Gasteiger partial charge on any atom is 0.251 e. The van der Waals surface area contributed by atoms with Crippen molar-refractivity contribution in [2.75, 3.05) is 13.2 Å². The van der Waals surface area contributed by atoms with Crippen LogP contribution >= 0.6 is 0 Å². The number of nitrogens with one attached hydrogen (secondary N) is 1. The van der Waals surface area contributed by atoms with E-state index in [1.54, 1.807) is 24.3 Å². The molecule has 0 aliphatic carbocycles. The lowest BCUT2D eigenvalue weighted by atomic mass is 10.1. The fraction of sp³-hybridized carbons (Fsp3) is 0.500. The van der Waals surface area contributed by atoms with Crippen LogP contribution in [0.3, 0.4) is 0 Å². The standard InChI is InChI=1S/C14H22N2O2/c1-14(2,3)16-13(17)11-5-7-12(8-6-11)18-10-4-9-15/h5-8H,4,9-10,15H2,1-3H3,(H,16,17). The molecule has 0 heterocycles. The normalized spacial score (nSPS) is 11.1. The largest absolute Gasteiger partial charge is 0.494 e. The van der Waals surface area contributed by atoms with E-state index in [0.717, 1.165) is 12.2 Å². The summed E-state index contributed by atoms with van der Waals surface area (Å²) in [7, 11) is 0. The average Bonchev–Trinajstić information content (AvgIpc) is 2.28. The van der Waals surface area contributed by atoms with Gasteiger partial charge in [0.2, 0.25) is 0 Å². The van der Waals surface area contributed by atoms with Crippen LogP contribution in [-0.2, 0) is 0 Å². The summed E-state index contributed by atoms with van der Waals surface area (Å²) < 4.78 is 5.47. The summed E-state index contributed by atoms with van der Waals surface area (Å²) >= 11 is 0. The lowest BCUT2D eigenvalue weighted by Gasteiger charge is -2.20. The van der Waals surface area contributed by atoms with Gasteiger partial charge in [-0.05, 0) is 58.0 Å². The van der Waals surface area contributed by atoms with Gasteiger partial charge in [0.05, 0.1) is 6.61 Å². The maximum absolute atomic E-state index is 11.9. The van der Waals surface area contributed by atoms with Gasteiger partial charge >= 0.3 is 0 Å². The van der Waals surface area contributed by atoms with Crippen molar-refractivity contribution in [3.05, 3.63) is 29.8 Å². The van der Waals surface area contributed by atoms with E-state index in [4.69, 9.17) is 10.5 Å². The molecular formula is C14H22N2O2. The number of hydrogen-bond acceptors (Lipinski definition) is 3. The number of rotatable bonds is 5. The Kier molecular flexibility index (Phi) is 5.16. The van der Waals surface area contributed by atoms with Gasteiger partial charge in [-0.15, -0.1) is 0 Å². The van der Waals surface area contributed by atoms with Crippen molar-refractivity contribution in [2.24, 2.45) is 5.73 Å². The monoisotopic (exact) mass is 250 g/mol. The minimum atomic E-state index is -0.229. The summed E-state index contributed by atoms with van der Waals surface area (Å²) in [5.74, 6) is 0.687. The molecule has 0 atom stereocenters. The number of carbonyl (C=O) groups excluding carboxylic acids is 1. The van der Waals surface area contributed by atoms with Crippen molar-refractivity contribution < 1.29 is 9.53 Å². The van der Waals surface area contributed by atoms with Gasteiger partial charge < -0.3 is 15.8 Å². The first-order chi connectivity index (χ1) is 8.42. The zero-order valence-electron chi connectivity index (χ0n) is 11.3. The van der Waals surface area contributed by atoms with E-state index in [0.29, 0.717) is 18.7 Å². The molecule has 1 aromatic rings. The second kappa shape index (κ2) is 6.40. The summed E-state index contributed by atoms with van der Waals surface area (Å²) in [6, 6.07) is 7.12. The van der Waals surface area contributed by atoms with E-state index in [1.807, 2.05) is 20.8 Å². The molecular weight excluding hydrogens is 228 g/mol. The van der Waals surface area contributed by atoms with Gasteiger partial charge in [0, 0.05) is 11.1 Å². The van der Waals surface area contributed by atoms with Crippen LogP contribution in [0.4, 0.5) is 0 Å². The molecule has 0 saturated heterocycles. The Hall–Kier alpha value is -1.55. The average molecular weight is 250 g/mol. The second-order valence-electron chi connectivity index (χ2n) is 5.22. The molecule has 0 unspecified atom stereocenters. The molecule has 0 aliphatic rings. The Morgan fingerprint density at radius 1 is 1.28 bits per heavy atom. The molecule has 0 saturated carbocycles. The highest BCUT2D eigenvalue weighted by Gasteiger charge is 2.14. The van der Waals surface area contributed by atoms with Crippen molar-refractivity contribution in [2.45, 2.75) is 32.7 Å². The Balaban J connectivity index is 2.57. The Labute approximate surface area is 109 Å². The molecule has 100 valence electrons. The van der Waals surface area contributed by atoms with E-state index >= 15 is 0 Å². The third-order valence-electron chi connectivity index (χ3n) is 2.22. The number of benzene rings is 1. The van der Waals surface area contributed by atoms with Crippen LogP contribution < -0.4 is 15.8 Å². The van der Waals surface area contributed by atoms with Crippen LogP contribution in [0.25, 0.3) is 0 Å². The van der Waals surface area contributed by atoms with Crippen LogP contribution in [-0.4, -0.2) is 24.6 Å². The molecule has 0 fully saturated rings. The van der Waals surface area contributed by atoms with Gasteiger partial charge in [0.15, 0.2) is 0 Å². The highest BCUT2D eigenvalue weighted by atomic mass is 16.5. The first-order valence-electron chi connectivity index (χ1n) is 6.18. The SMILES string of the molecule is CC(C)(C)NC(=O)c1ccc(OCCCN)cc1. The van der Waals surface area contributed by atoms with Gasteiger partial charge in [-0.1, -0.05) is 0 Å². The van der Waals surface area contributed by atoms with Gasteiger partial charge in [-0.2, -0.15) is 0 Å². The van der Waals surface area contributed by atoms with Crippen LogP contribution in [0.2, 0.25) is 0 Å². The Morgan fingerprint density at radius 2 is 1.89 bits per heavy atom. The summed E-state index contributed by atoms with van der Waals surface area (Å²) in [6.45, 7) is 7.08. The van der Waals surface area contributed by atoms with Gasteiger partial charge in [-0.25, -0.2) is 0 Å². The van der Waals surface area contributed by atoms with E-state index in [9.17, 15) is 4.79 Å². The summed E-state index contributed by atoms with van der Waals surface area (Å²) in [5.41, 5.74) is 5.79. The van der Waals surface area contributed by atoms with Crippen molar-refractivity contribution in [3.63, 3.8) is 0 Å². The van der Waals surface area contributed by atoms with Gasteiger partial charge in [0.1, 0.15) is 5.75 Å². The van der Waals surface area contributed by atoms with Crippen molar-refractivity contribution in [1.29, 1.82) is 0 Å². The summed E-state index contributed by atoms with van der Waals surface area (Å²) in [4.78, 5) is 11.9. The fourth-order valence-corrected chi connectivity index (χ4v) is 1.39. The molecule has 0 spiro atoms. The minimum absolute atomic E-state index is 0.0731. The molecule has 1 rings (SSSR count). The second-order valence-corrected chi connectivity index (χ2v) is 5.22. The van der Waals surface area contributed by atoms with Crippen LogP contribution in [0, 0.1) is 0 Å². The van der Waals surface area contributed by atoms with E-state index in [-0.39, 0.29) is 11.4 Å². The molecule has 1 amide bonds. The molecule has 0 aliphatic heterocycles. The van der Waals surface area contributed by atoms with Crippen molar-refractivity contribution in [3.8, 4) is 5.75 Å². The number of ether oxygens (including phenoxy) is 1. The number of nitrogens with two attached hydrogens (primary N) is 1. The zero-order valence-corrected chi connectivity index (χ0v) is 11.3. The summed E-state index contributed by atoms with van der Waals surface area (Å²) in [6.07, 6.45) is 0.826. The lowest BCUT2D eigenvalue weighted by molar-refractivity contribution is 0.0919. The molecule has 18 heavy (non-hydrogen) atoms. The minimum Gasteiger partial charge on any atom is -0.494 e.